The summed E-state index contributed by atoms with van der Waals surface area (Å²) in [4.78, 5) is 0. The summed E-state index contributed by atoms with van der Waals surface area (Å²) in [5, 5.41) is 9.10. The first kappa shape index (κ1) is 51.0. The number of nitrogens with zero attached hydrogens (tertiary/aromatic N) is 3. The van der Waals surface area contributed by atoms with E-state index >= 15 is 0 Å². The summed E-state index contributed by atoms with van der Waals surface area (Å²) in [5.41, 5.74) is 13.8. The van der Waals surface area contributed by atoms with E-state index in [4.69, 9.17) is 38.2 Å². The summed E-state index contributed by atoms with van der Waals surface area (Å²) < 4.78 is 29.2. The quantitative estimate of drug-likeness (QED) is 0.120. The molecule has 0 atom stereocenters. The molecule has 0 unspecified atom stereocenters. The molecular formula is C63H71N3O4. The van der Waals surface area contributed by atoms with Gasteiger partial charge in [0, 0.05) is 25.7 Å². The molecule has 1 aliphatic carbocycles. The zero-order valence-corrected chi connectivity index (χ0v) is 43.7. The number of fused-ring (bicyclic) bond motifs is 8. The fourth-order valence-electron chi connectivity index (χ4n) is 9.10. The molecule has 0 amide bonds. The van der Waals surface area contributed by atoms with Gasteiger partial charge in [0.15, 0.2) is 0 Å². The lowest BCUT2D eigenvalue weighted by molar-refractivity contribution is 0.295. The molecule has 0 aliphatic heterocycles. The van der Waals surface area contributed by atoms with Crippen LogP contribution < -0.4 is 18.9 Å². The fourth-order valence-corrected chi connectivity index (χ4v) is 9.10. The molecule has 6 aromatic rings. The molecule has 0 saturated carbocycles. The number of hydrogen-bond acceptors (Lipinski definition) is 6. The van der Waals surface area contributed by atoms with E-state index in [1.807, 2.05) is 29.1 Å². The van der Waals surface area contributed by atoms with Crippen molar-refractivity contribution in [3.05, 3.63) is 163 Å². The van der Waals surface area contributed by atoms with Gasteiger partial charge in [0.25, 0.3) is 0 Å². The van der Waals surface area contributed by atoms with E-state index in [1.165, 1.54) is 22.3 Å². The maximum absolute atomic E-state index is 7.15. The first-order valence-corrected chi connectivity index (χ1v) is 24.4. The smallest absolute Gasteiger partial charge is 0.148 e. The van der Waals surface area contributed by atoms with Gasteiger partial charge in [-0.3, -0.25) is 0 Å². The Morgan fingerprint density at radius 1 is 0.457 bits per heavy atom. The molecule has 362 valence electrons. The Hall–Kier alpha value is -6.88. The zero-order valence-electron chi connectivity index (χ0n) is 43.7. The molecule has 1 aromatic heterocycles. The van der Waals surface area contributed by atoms with Gasteiger partial charge in [-0.1, -0.05) is 185 Å². The summed E-state index contributed by atoms with van der Waals surface area (Å²) in [5.74, 6) is 11.3. The molecule has 8 bridgehead atoms. The predicted octanol–water partition coefficient (Wildman–Crippen LogP) is 12.8. The van der Waals surface area contributed by atoms with Crippen molar-refractivity contribution < 1.29 is 18.9 Å². The van der Waals surface area contributed by atoms with Gasteiger partial charge in [0.1, 0.15) is 55.1 Å². The highest BCUT2D eigenvalue weighted by atomic mass is 16.5. The first-order valence-electron chi connectivity index (χ1n) is 24.4. The molecule has 0 N–H and O–H groups in total. The third-order valence-electron chi connectivity index (χ3n) is 13.0. The van der Waals surface area contributed by atoms with Gasteiger partial charge in [-0.15, -0.1) is 24.4 Å². The van der Waals surface area contributed by atoms with Crippen molar-refractivity contribution >= 4 is 0 Å². The number of terminal acetylenes is 3. The lowest BCUT2D eigenvalue weighted by Gasteiger charge is -2.29. The minimum Gasteiger partial charge on any atom is -0.487 e. The van der Waals surface area contributed by atoms with E-state index < -0.39 is 0 Å². The van der Waals surface area contributed by atoms with Crippen LogP contribution in [0.2, 0.25) is 0 Å². The second-order valence-corrected chi connectivity index (χ2v) is 22.9. The van der Waals surface area contributed by atoms with E-state index in [2.05, 4.69) is 172 Å². The van der Waals surface area contributed by atoms with E-state index in [0.29, 0.717) is 32.2 Å². The lowest BCUT2D eigenvalue weighted by atomic mass is 9.79. The zero-order chi connectivity index (χ0) is 50.6. The Kier molecular flexibility index (Phi) is 15.0. The van der Waals surface area contributed by atoms with Crippen LogP contribution in [0.5, 0.6) is 23.0 Å². The third kappa shape index (κ3) is 12.1. The van der Waals surface area contributed by atoms with Crippen molar-refractivity contribution in [1.82, 2.24) is 15.0 Å². The molecule has 0 saturated heterocycles. The SMILES string of the molecule is C#CCOc1c2cc(C(C)(C)C)cc1Cc1cc(C(C)(C)C)cc(c1OCC#C)Cc1cc(C(C)(C)C)cc(c1OCc1cn(Cc3ccccc3)nn1)Cc1cc(C(C)(C)C)cc(c1OCC#C)C2. The van der Waals surface area contributed by atoms with Crippen LogP contribution in [0.25, 0.3) is 0 Å². The van der Waals surface area contributed by atoms with Crippen LogP contribution in [0, 0.1) is 37.0 Å². The summed E-state index contributed by atoms with van der Waals surface area (Å²) in [6, 6.07) is 28.6. The van der Waals surface area contributed by atoms with E-state index in [-0.39, 0.29) is 48.1 Å². The second-order valence-electron chi connectivity index (χ2n) is 22.9. The van der Waals surface area contributed by atoms with E-state index in [0.717, 1.165) is 78.8 Å². The lowest BCUT2D eigenvalue weighted by Crippen LogP contribution is -2.18. The van der Waals surface area contributed by atoms with Crippen molar-refractivity contribution in [1.29, 1.82) is 0 Å². The van der Waals surface area contributed by atoms with Crippen LogP contribution >= 0.6 is 0 Å². The molecular weight excluding hydrogens is 863 g/mol. The maximum Gasteiger partial charge on any atom is 0.148 e. The number of benzene rings is 5. The molecule has 1 aliphatic rings. The van der Waals surface area contributed by atoms with Crippen molar-refractivity contribution in [2.45, 2.75) is 144 Å². The summed E-state index contributed by atoms with van der Waals surface area (Å²) in [7, 11) is 0. The van der Waals surface area contributed by atoms with Gasteiger partial charge in [0.2, 0.25) is 0 Å². The minimum absolute atomic E-state index is 0.100. The third-order valence-corrected chi connectivity index (χ3v) is 13.0. The van der Waals surface area contributed by atoms with Crippen LogP contribution in [-0.4, -0.2) is 34.8 Å². The first-order chi connectivity index (χ1) is 33.0. The normalized spacial score (nSPS) is 12.9. The van der Waals surface area contributed by atoms with Gasteiger partial charge in [-0.05, 0) is 94.0 Å². The molecule has 7 rings (SSSR count). The summed E-state index contributed by atoms with van der Waals surface area (Å²) >= 11 is 0. The van der Waals surface area contributed by atoms with Crippen molar-refractivity contribution in [3.8, 4) is 60.0 Å². The Bertz CT molecular complexity index is 2850. The van der Waals surface area contributed by atoms with Gasteiger partial charge in [-0.25, -0.2) is 4.68 Å². The summed E-state index contributed by atoms with van der Waals surface area (Å²) in [6.45, 7) is 28.1. The average Bonchev–Trinajstić information content (AvgIpc) is 3.73. The minimum atomic E-state index is -0.215. The van der Waals surface area contributed by atoms with Crippen molar-refractivity contribution in [2.75, 3.05) is 19.8 Å². The van der Waals surface area contributed by atoms with E-state index in [1.54, 1.807) is 0 Å². The number of hydrogen-bond donors (Lipinski definition) is 0. The molecule has 0 spiro atoms. The molecule has 7 heteroatoms. The Balaban J connectivity index is 1.57. The van der Waals surface area contributed by atoms with Crippen LogP contribution in [0.1, 0.15) is 161 Å². The van der Waals surface area contributed by atoms with Gasteiger partial charge >= 0.3 is 0 Å². The van der Waals surface area contributed by atoms with Gasteiger partial charge < -0.3 is 18.9 Å². The largest absolute Gasteiger partial charge is 0.487 e. The van der Waals surface area contributed by atoms with Crippen molar-refractivity contribution in [2.24, 2.45) is 0 Å². The standard InChI is InChI=1S/C63H71N3O4/c1-16-24-67-56-43-27-45-33-52(61(7,8)9)35-47(57(45)68-25-17-2)29-49-37-54(63(13,14)15)38-50(59(49)70-41-55-40-66(65-64-55)39-42-22-20-19-21-23-42)30-48-36-53(62(10,11)12)34-46(58(48)69-26-18-3)28-44(56)32-51(31-43)60(4,5)6/h1-3,19-23,31-38,40H,24-30,39,41H2,4-15H3. The molecule has 70 heavy (non-hydrogen) atoms. The van der Waals surface area contributed by atoms with Gasteiger partial charge in [0.05, 0.1) is 12.7 Å². The van der Waals surface area contributed by atoms with Crippen LogP contribution in [-0.2, 0) is 60.5 Å². The Morgan fingerprint density at radius 2 is 0.757 bits per heavy atom. The number of rotatable bonds is 11. The highest BCUT2D eigenvalue weighted by Crippen LogP contribution is 2.44. The number of ether oxygens (including phenoxy) is 4. The molecule has 5 aromatic carbocycles. The summed E-state index contributed by atoms with van der Waals surface area (Å²) in [6.07, 6.45) is 21.9. The highest BCUT2D eigenvalue weighted by molar-refractivity contribution is 5.60. The average molecular weight is 934 g/mol. The number of aromatic nitrogens is 3. The second kappa shape index (κ2) is 20.6. The monoisotopic (exact) mass is 934 g/mol. The van der Waals surface area contributed by atoms with E-state index in [9.17, 15) is 0 Å². The molecule has 1 heterocycles. The highest BCUT2D eigenvalue weighted by Gasteiger charge is 2.29. The predicted molar refractivity (Wildman–Crippen MR) is 285 cm³/mol. The topological polar surface area (TPSA) is 67.6 Å². The Morgan fingerprint density at radius 3 is 1.04 bits per heavy atom. The molecule has 0 fully saturated rings. The molecule has 7 nitrogen and oxygen atoms in total. The Labute approximate surface area is 418 Å². The van der Waals surface area contributed by atoms with Crippen molar-refractivity contribution in [3.63, 3.8) is 0 Å². The van der Waals surface area contributed by atoms with Crippen LogP contribution in [0.3, 0.4) is 0 Å². The molecule has 0 radical (unpaired) electrons. The fraction of sp³-hybridized carbons (Fsp3) is 0.397. The maximum atomic E-state index is 7.15. The van der Waals surface area contributed by atoms with Crippen LogP contribution in [0.15, 0.2) is 85.1 Å². The van der Waals surface area contributed by atoms with Gasteiger partial charge in [-0.2, -0.15) is 0 Å². The van der Waals surface area contributed by atoms with Crippen LogP contribution in [0.4, 0.5) is 0 Å².